The third kappa shape index (κ3) is 3.73. The SMILES string of the molecule is COC(OC)C1=C(C(=O)O)C(c2cccc(Cl)c2)C(C(=O)O)C(C)=N1. The van der Waals surface area contributed by atoms with E-state index in [0.717, 1.165) is 0 Å². The van der Waals surface area contributed by atoms with Crippen molar-refractivity contribution < 1.29 is 29.3 Å². The molecule has 2 unspecified atom stereocenters. The fourth-order valence-electron chi connectivity index (χ4n) is 3.01. The third-order valence-corrected chi connectivity index (χ3v) is 4.26. The van der Waals surface area contributed by atoms with E-state index in [0.29, 0.717) is 10.6 Å². The van der Waals surface area contributed by atoms with Crippen molar-refractivity contribution in [1.82, 2.24) is 0 Å². The Labute approximate surface area is 149 Å². The second-order valence-electron chi connectivity index (χ2n) is 5.51. The predicted octanol–water partition coefficient (Wildman–Crippen LogP) is 2.56. The number of aliphatic carboxylic acids is 2. The molecule has 1 aliphatic rings. The Morgan fingerprint density at radius 3 is 2.36 bits per heavy atom. The van der Waals surface area contributed by atoms with Gasteiger partial charge in [-0.1, -0.05) is 23.7 Å². The summed E-state index contributed by atoms with van der Waals surface area (Å²) in [5.74, 6) is -4.58. The number of ether oxygens (including phenoxy) is 2. The molecule has 1 aromatic carbocycles. The molecule has 0 amide bonds. The van der Waals surface area contributed by atoms with Gasteiger partial charge in [-0.25, -0.2) is 4.79 Å². The van der Waals surface area contributed by atoms with Gasteiger partial charge in [0.1, 0.15) is 11.6 Å². The van der Waals surface area contributed by atoms with E-state index in [1.165, 1.54) is 21.1 Å². The summed E-state index contributed by atoms with van der Waals surface area (Å²) >= 11 is 6.02. The molecule has 0 aromatic heterocycles. The van der Waals surface area contributed by atoms with Crippen LogP contribution in [0.4, 0.5) is 0 Å². The number of carboxylic acids is 2. The normalized spacial score (nSPS) is 20.6. The fourth-order valence-corrected chi connectivity index (χ4v) is 3.21. The first-order valence-corrected chi connectivity index (χ1v) is 7.76. The van der Waals surface area contributed by atoms with Crippen molar-refractivity contribution >= 4 is 29.3 Å². The van der Waals surface area contributed by atoms with Gasteiger partial charge in [-0.3, -0.25) is 9.79 Å². The molecule has 8 heteroatoms. The zero-order chi connectivity index (χ0) is 18.7. The average molecular weight is 368 g/mol. The lowest BCUT2D eigenvalue weighted by Gasteiger charge is -2.32. The van der Waals surface area contributed by atoms with Gasteiger partial charge in [0.05, 0.1) is 5.57 Å². The highest BCUT2D eigenvalue weighted by Crippen LogP contribution is 2.41. The molecule has 7 nitrogen and oxygen atoms in total. The monoisotopic (exact) mass is 367 g/mol. The van der Waals surface area contributed by atoms with Crippen LogP contribution in [0.1, 0.15) is 18.4 Å². The molecule has 2 atom stereocenters. The summed E-state index contributed by atoms with van der Waals surface area (Å²) in [5.41, 5.74) is 0.582. The molecule has 2 rings (SSSR count). The van der Waals surface area contributed by atoms with Gasteiger partial charge in [-0.15, -0.1) is 0 Å². The van der Waals surface area contributed by atoms with E-state index in [2.05, 4.69) is 4.99 Å². The van der Waals surface area contributed by atoms with Crippen LogP contribution >= 0.6 is 11.6 Å². The molecule has 0 bridgehead atoms. The van der Waals surface area contributed by atoms with Gasteiger partial charge >= 0.3 is 11.9 Å². The summed E-state index contributed by atoms with van der Waals surface area (Å²) in [4.78, 5) is 28.0. The number of carboxylic acid groups (broad SMARTS) is 2. The van der Waals surface area contributed by atoms with Crippen LogP contribution in [0.15, 0.2) is 40.5 Å². The Hall–Kier alpha value is -2.22. The van der Waals surface area contributed by atoms with Crippen LogP contribution in [-0.4, -0.2) is 48.4 Å². The van der Waals surface area contributed by atoms with Crippen LogP contribution in [0, 0.1) is 5.92 Å². The molecular weight excluding hydrogens is 350 g/mol. The number of rotatable bonds is 6. The summed E-state index contributed by atoms with van der Waals surface area (Å²) in [6.07, 6.45) is -1.03. The van der Waals surface area contributed by atoms with Crippen molar-refractivity contribution in [3.05, 3.63) is 46.1 Å². The van der Waals surface area contributed by atoms with Crippen molar-refractivity contribution in [2.45, 2.75) is 19.1 Å². The first-order chi connectivity index (χ1) is 11.8. The van der Waals surface area contributed by atoms with Crippen molar-refractivity contribution in [3.8, 4) is 0 Å². The maximum absolute atomic E-state index is 12.0. The number of carbonyl (C=O) groups is 2. The minimum Gasteiger partial charge on any atom is -0.481 e. The van der Waals surface area contributed by atoms with Crippen molar-refractivity contribution in [3.63, 3.8) is 0 Å². The van der Waals surface area contributed by atoms with Crippen LogP contribution in [0.2, 0.25) is 5.02 Å². The molecule has 0 spiro atoms. The van der Waals surface area contributed by atoms with Crippen molar-refractivity contribution in [2.24, 2.45) is 10.9 Å². The zero-order valence-corrected chi connectivity index (χ0v) is 14.6. The number of nitrogens with zero attached hydrogens (tertiary/aromatic N) is 1. The van der Waals surface area contributed by atoms with E-state index in [9.17, 15) is 19.8 Å². The molecule has 134 valence electrons. The van der Waals surface area contributed by atoms with E-state index in [1.807, 2.05) is 0 Å². The lowest BCUT2D eigenvalue weighted by Crippen LogP contribution is -2.37. The van der Waals surface area contributed by atoms with E-state index in [4.69, 9.17) is 21.1 Å². The molecule has 25 heavy (non-hydrogen) atoms. The van der Waals surface area contributed by atoms with Gasteiger partial charge in [-0.2, -0.15) is 0 Å². The summed E-state index contributed by atoms with van der Waals surface area (Å²) in [6, 6.07) is 6.46. The van der Waals surface area contributed by atoms with Gasteiger partial charge in [0.25, 0.3) is 0 Å². The molecule has 0 fully saturated rings. The van der Waals surface area contributed by atoms with E-state index >= 15 is 0 Å². The molecule has 1 heterocycles. The molecular formula is C17H18ClNO6. The highest BCUT2D eigenvalue weighted by molar-refractivity contribution is 6.30. The van der Waals surface area contributed by atoms with Crippen LogP contribution in [0.5, 0.6) is 0 Å². The Bertz CT molecular complexity index is 753. The largest absolute Gasteiger partial charge is 0.481 e. The van der Waals surface area contributed by atoms with Crippen LogP contribution < -0.4 is 0 Å². The second kappa shape index (κ2) is 7.77. The second-order valence-corrected chi connectivity index (χ2v) is 5.95. The predicted molar refractivity (Wildman–Crippen MR) is 90.9 cm³/mol. The first kappa shape index (κ1) is 19.1. The molecule has 0 saturated heterocycles. The fraction of sp³-hybridized carbons (Fsp3) is 0.353. The Balaban J connectivity index is 2.77. The number of halogens is 1. The summed E-state index contributed by atoms with van der Waals surface area (Å²) in [7, 11) is 2.70. The molecule has 0 radical (unpaired) electrons. The lowest BCUT2D eigenvalue weighted by molar-refractivity contribution is -0.140. The van der Waals surface area contributed by atoms with Gasteiger partial charge in [0.2, 0.25) is 6.29 Å². The minimum atomic E-state index is -1.29. The van der Waals surface area contributed by atoms with Crippen molar-refractivity contribution in [1.29, 1.82) is 0 Å². The summed E-state index contributed by atoms with van der Waals surface area (Å²) < 4.78 is 10.3. The van der Waals surface area contributed by atoms with Crippen LogP contribution in [-0.2, 0) is 19.1 Å². The quantitative estimate of drug-likeness (QED) is 0.748. The van der Waals surface area contributed by atoms with Gasteiger partial charge in [0.15, 0.2) is 0 Å². The van der Waals surface area contributed by atoms with Crippen LogP contribution in [0.25, 0.3) is 0 Å². The third-order valence-electron chi connectivity index (χ3n) is 4.02. The van der Waals surface area contributed by atoms with Gasteiger partial charge < -0.3 is 19.7 Å². The minimum absolute atomic E-state index is 0.0393. The van der Waals surface area contributed by atoms with Crippen molar-refractivity contribution in [2.75, 3.05) is 14.2 Å². The Morgan fingerprint density at radius 1 is 1.24 bits per heavy atom. The molecule has 1 aliphatic heterocycles. The summed E-state index contributed by atoms with van der Waals surface area (Å²) in [5, 5.41) is 19.8. The summed E-state index contributed by atoms with van der Waals surface area (Å²) in [6.45, 7) is 1.54. The number of aliphatic imine (C=N–C) groups is 1. The number of hydrogen-bond donors (Lipinski definition) is 2. The highest BCUT2D eigenvalue weighted by Gasteiger charge is 2.43. The maximum atomic E-state index is 12.0. The number of methoxy groups -OCH3 is 2. The number of benzene rings is 1. The first-order valence-electron chi connectivity index (χ1n) is 7.38. The lowest BCUT2D eigenvalue weighted by atomic mass is 9.75. The standard InChI is InChI=1S/C17H18ClNO6/c1-8-11(15(20)21)12(9-5-4-6-10(18)7-9)13(16(22)23)14(19-8)17(24-2)25-3/h4-7,11-12,17H,1-3H3,(H,20,21)(H,22,23). The maximum Gasteiger partial charge on any atom is 0.334 e. The molecule has 2 N–H and O–H groups in total. The topological polar surface area (TPSA) is 105 Å². The zero-order valence-electron chi connectivity index (χ0n) is 13.9. The van der Waals surface area contributed by atoms with Gasteiger partial charge in [-0.05, 0) is 24.6 Å². The Morgan fingerprint density at radius 2 is 1.88 bits per heavy atom. The number of hydrogen-bond acceptors (Lipinski definition) is 5. The van der Waals surface area contributed by atoms with Crippen LogP contribution in [0.3, 0.4) is 0 Å². The average Bonchev–Trinajstić information content (AvgIpc) is 2.54. The molecule has 0 saturated carbocycles. The Kier molecular flexibility index (Phi) is 5.94. The van der Waals surface area contributed by atoms with E-state index < -0.39 is 30.1 Å². The smallest absolute Gasteiger partial charge is 0.334 e. The molecule has 1 aromatic rings. The highest BCUT2D eigenvalue weighted by atomic mass is 35.5. The van der Waals surface area contributed by atoms with Gasteiger partial charge in [0, 0.05) is 30.9 Å². The van der Waals surface area contributed by atoms with E-state index in [1.54, 1.807) is 24.3 Å². The van der Waals surface area contributed by atoms with E-state index in [-0.39, 0.29) is 17.0 Å². The molecule has 0 aliphatic carbocycles.